The van der Waals surface area contributed by atoms with Crippen molar-refractivity contribution in [2.24, 2.45) is 23.7 Å². The molecule has 150 valence electrons. The fourth-order valence-electron chi connectivity index (χ4n) is 6.68. The predicted octanol–water partition coefficient (Wildman–Crippen LogP) is 3.13. The van der Waals surface area contributed by atoms with Crippen molar-refractivity contribution in [2.45, 2.75) is 57.0 Å². The summed E-state index contributed by atoms with van der Waals surface area (Å²) in [4.78, 5) is 27.4. The highest BCUT2D eigenvalue weighted by Crippen LogP contribution is 2.55. The Morgan fingerprint density at radius 2 is 1.71 bits per heavy atom. The summed E-state index contributed by atoms with van der Waals surface area (Å²) in [6.45, 7) is 1.09. The van der Waals surface area contributed by atoms with E-state index in [1.807, 2.05) is 29.2 Å². The number of nitrogens with zero attached hydrogens (tertiary/aromatic N) is 1. The third-order valence-corrected chi connectivity index (χ3v) is 7.54. The molecule has 5 heteroatoms. The molecule has 1 N–H and O–H groups in total. The second-order valence-corrected chi connectivity index (χ2v) is 9.71. The standard InChI is InChI=1S/C23H30N2O3/c1-28-20-4-2-15(3-5-20)13-25-14-19(9-21(25)26)22(27)24-23-10-16-6-17(11-23)8-18(7-16)12-23/h2-5,16-19H,6-14H2,1H3,(H,24,27). The Morgan fingerprint density at radius 1 is 1.11 bits per heavy atom. The molecule has 1 aromatic rings. The molecule has 0 spiro atoms. The van der Waals surface area contributed by atoms with Crippen LogP contribution >= 0.6 is 0 Å². The molecule has 1 aliphatic heterocycles. The van der Waals surface area contributed by atoms with Crippen LogP contribution in [0.2, 0.25) is 0 Å². The molecule has 0 radical (unpaired) electrons. The van der Waals surface area contributed by atoms with Gasteiger partial charge in [0.1, 0.15) is 5.75 Å². The van der Waals surface area contributed by atoms with Crippen LogP contribution in [0.3, 0.4) is 0 Å². The van der Waals surface area contributed by atoms with Crippen molar-refractivity contribution in [2.75, 3.05) is 13.7 Å². The van der Waals surface area contributed by atoms with Crippen molar-refractivity contribution in [3.05, 3.63) is 29.8 Å². The van der Waals surface area contributed by atoms with Gasteiger partial charge in [0.15, 0.2) is 0 Å². The largest absolute Gasteiger partial charge is 0.497 e. The Labute approximate surface area is 166 Å². The third-order valence-electron chi connectivity index (χ3n) is 7.54. The van der Waals surface area contributed by atoms with Crippen molar-refractivity contribution in [1.29, 1.82) is 0 Å². The Morgan fingerprint density at radius 3 is 2.29 bits per heavy atom. The zero-order valence-corrected chi connectivity index (χ0v) is 16.7. The van der Waals surface area contributed by atoms with Crippen molar-refractivity contribution in [3.63, 3.8) is 0 Å². The summed E-state index contributed by atoms with van der Waals surface area (Å²) in [5.41, 5.74) is 1.09. The maximum absolute atomic E-state index is 13.1. The first kappa shape index (κ1) is 18.0. The van der Waals surface area contributed by atoms with Crippen molar-refractivity contribution < 1.29 is 14.3 Å². The molecule has 0 aromatic heterocycles. The van der Waals surface area contributed by atoms with Gasteiger partial charge in [-0.05, 0) is 74.0 Å². The van der Waals surface area contributed by atoms with E-state index in [4.69, 9.17) is 4.74 Å². The first-order valence-electron chi connectivity index (χ1n) is 10.7. The molecule has 2 amide bonds. The van der Waals surface area contributed by atoms with E-state index in [-0.39, 0.29) is 23.3 Å². The first-order chi connectivity index (χ1) is 13.5. The van der Waals surface area contributed by atoms with Gasteiger partial charge < -0.3 is 15.0 Å². The maximum Gasteiger partial charge on any atom is 0.225 e. The normalized spacial score (nSPS) is 36.0. The second kappa shape index (κ2) is 6.78. The zero-order valence-electron chi connectivity index (χ0n) is 16.7. The van der Waals surface area contributed by atoms with Gasteiger partial charge in [0, 0.05) is 25.0 Å². The zero-order chi connectivity index (χ0) is 19.3. The van der Waals surface area contributed by atoms with Gasteiger partial charge in [0.25, 0.3) is 0 Å². The lowest BCUT2D eigenvalue weighted by atomic mass is 9.53. The lowest BCUT2D eigenvalue weighted by Crippen LogP contribution is -2.60. The monoisotopic (exact) mass is 382 g/mol. The van der Waals surface area contributed by atoms with Crippen molar-refractivity contribution >= 4 is 11.8 Å². The molecule has 4 bridgehead atoms. The van der Waals surface area contributed by atoms with Gasteiger partial charge in [-0.1, -0.05) is 12.1 Å². The molecule has 1 saturated heterocycles. The van der Waals surface area contributed by atoms with E-state index < -0.39 is 0 Å². The van der Waals surface area contributed by atoms with Crippen LogP contribution in [0.5, 0.6) is 5.75 Å². The van der Waals surface area contributed by atoms with Crippen LogP contribution in [0, 0.1) is 23.7 Å². The summed E-state index contributed by atoms with van der Waals surface area (Å²) >= 11 is 0. The highest BCUT2D eigenvalue weighted by Gasteiger charge is 2.52. The summed E-state index contributed by atoms with van der Waals surface area (Å²) in [7, 11) is 1.64. The third kappa shape index (κ3) is 3.29. The molecule has 6 rings (SSSR count). The van der Waals surface area contributed by atoms with E-state index in [2.05, 4.69) is 5.32 Å². The van der Waals surface area contributed by atoms with Crippen LogP contribution < -0.4 is 10.1 Å². The van der Waals surface area contributed by atoms with E-state index in [1.165, 1.54) is 19.3 Å². The number of rotatable bonds is 5. The minimum Gasteiger partial charge on any atom is -0.497 e. The number of ether oxygens (including phenoxy) is 1. The highest BCUT2D eigenvalue weighted by molar-refractivity contribution is 5.89. The SMILES string of the molecule is COc1ccc(CN2CC(C(=O)NC34CC5CC(CC(C5)C3)C4)CC2=O)cc1. The molecule has 5 fully saturated rings. The first-order valence-corrected chi connectivity index (χ1v) is 10.7. The van der Waals surface area contributed by atoms with Crippen LogP contribution in [0.1, 0.15) is 50.5 Å². The van der Waals surface area contributed by atoms with Gasteiger partial charge in [-0.15, -0.1) is 0 Å². The Hall–Kier alpha value is -2.04. The molecular formula is C23H30N2O3. The minimum absolute atomic E-state index is 0.0261. The second-order valence-electron chi connectivity index (χ2n) is 9.71. The molecule has 1 heterocycles. The molecule has 28 heavy (non-hydrogen) atoms. The number of benzene rings is 1. The number of hydrogen-bond donors (Lipinski definition) is 1. The van der Waals surface area contributed by atoms with Gasteiger partial charge in [0.05, 0.1) is 13.0 Å². The maximum atomic E-state index is 13.1. The van der Waals surface area contributed by atoms with E-state index in [9.17, 15) is 9.59 Å². The molecule has 5 aliphatic rings. The number of hydrogen-bond acceptors (Lipinski definition) is 3. The van der Waals surface area contributed by atoms with Crippen molar-refractivity contribution in [1.82, 2.24) is 10.2 Å². The quantitative estimate of drug-likeness (QED) is 0.851. The van der Waals surface area contributed by atoms with Crippen LogP contribution in [0.4, 0.5) is 0 Å². The smallest absolute Gasteiger partial charge is 0.225 e. The van der Waals surface area contributed by atoms with Gasteiger partial charge >= 0.3 is 0 Å². The summed E-state index contributed by atoms with van der Waals surface area (Å²) in [6.07, 6.45) is 7.91. The number of nitrogens with one attached hydrogen (secondary N) is 1. The fraction of sp³-hybridized carbons (Fsp3) is 0.652. The number of amides is 2. The molecule has 5 nitrogen and oxygen atoms in total. The van der Waals surface area contributed by atoms with Crippen LogP contribution in [-0.2, 0) is 16.1 Å². The van der Waals surface area contributed by atoms with E-state index in [0.717, 1.165) is 48.3 Å². The average Bonchev–Trinajstić information content (AvgIpc) is 3.01. The number of methoxy groups -OCH3 is 1. The summed E-state index contributed by atoms with van der Waals surface area (Å²) in [5, 5.41) is 3.45. The van der Waals surface area contributed by atoms with Crippen LogP contribution in [0.15, 0.2) is 24.3 Å². The summed E-state index contributed by atoms with van der Waals surface area (Å²) in [5.74, 6) is 3.21. The fourth-order valence-corrected chi connectivity index (χ4v) is 6.68. The molecule has 1 unspecified atom stereocenters. The Bertz CT molecular complexity index is 737. The Kier molecular flexibility index (Phi) is 4.37. The van der Waals surface area contributed by atoms with Gasteiger partial charge in [-0.25, -0.2) is 0 Å². The summed E-state index contributed by atoms with van der Waals surface area (Å²) in [6, 6.07) is 7.78. The highest BCUT2D eigenvalue weighted by atomic mass is 16.5. The van der Waals surface area contributed by atoms with Gasteiger partial charge in [-0.3, -0.25) is 9.59 Å². The van der Waals surface area contributed by atoms with E-state index in [1.54, 1.807) is 7.11 Å². The number of likely N-dealkylation sites (tertiary alicyclic amines) is 1. The van der Waals surface area contributed by atoms with Gasteiger partial charge in [-0.2, -0.15) is 0 Å². The number of carbonyl (C=O) groups excluding carboxylic acids is 2. The lowest BCUT2D eigenvalue weighted by Gasteiger charge is -2.57. The topological polar surface area (TPSA) is 58.6 Å². The summed E-state index contributed by atoms with van der Waals surface area (Å²) < 4.78 is 5.19. The predicted molar refractivity (Wildman–Crippen MR) is 106 cm³/mol. The average molecular weight is 383 g/mol. The van der Waals surface area contributed by atoms with Gasteiger partial charge in [0.2, 0.25) is 11.8 Å². The van der Waals surface area contributed by atoms with Crippen LogP contribution in [0.25, 0.3) is 0 Å². The molecule has 1 atom stereocenters. The molecule has 4 saturated carbocycles. The number of carbonyl (C=O) groups is 2. The minimum atomic E-state index is -0.209. The lowest BCUT2D eigenvalue weighted by molar-refractivity contribution is -0.132. The van der Waals surface area contributed by atoms with Crippen molar-refractivity contribution in [3.8, 4) is 5.75 Å². The van der Waals surface area contributed by atoms with Crippen LogP contribution in [-0.4, -0.2) is 35.9 Å². The van der Waals surface area contributed by atoms with E-state index >= 15 is 0 Å². The molecule has 1 aromatic carbocycles. The molecular weight excluding hydrogens is 352 g/mol. The van der Waals surface area contributed by atoms with E-state index in [0.29, 0.717) is 19.5 Å². The Balaban J connectivity index is 1.21. The molecule has 4 aliphatic carbocycles.